The van der Waals surface area contributed by atoms with Gasteiger partial charge in [0.2, 0.25) is 0 Å². The molecule has 0 heterocycles. The monoisotopic (exact) mass is 284 g/mol. The molecule has 1 aliphatic carbocycles. The van der Waals surface area contributed by atoms with Crippen LogP contribution in [0.1, 0.15) is 53.9 Å². The maximum Gasteiger partial charge on any atom is 0.325 e. The molecule has 1 aliphatic rings. The molecule has 1 N–H and O–H groups in total. The molecule has 118 valence electrons. The summed E-state index contributed by atoms with van der Waals surface area (Å²) in [4.78, 5) is 14.6. The first-order valence-electron chi connectivity index (χ1n) is 7.92. The van der Waals surface area contributed by atoms with Crippen molar-refractivity contribution in [2.75, 3.05) is 20.2 Å². The van der Waals surface area contributed by atoms with Crippen LogP contribution in [-0.2, 0) is 9.53 Å². The van der Waals surface area contributed by atoms with Crippen LogP contribution in [0, 0.1) is 5.92 Å². The first-order valence-corrected chi connectivity index (χ1v) is 7.92. The SMILES string of the molecule is CCN(CC(C)C)C(C)CC(C)(NC1CC1)C(=O)OC. The number of methoxy groups -OCH3 is 1. The fourth-order valence-corrected chi connectivity index (χ4v) is 2.91. The van der Waals surface area contributed by atoms with E-state index in [1.165, 1.54) is 20.0 Å². The van der Waals surface area contributed by atoms with Crippen molar-refractivity contribution >= 4 is 5.97 Å². The number of carbonyl (C=O) groups excluding carboxylic acids is 1. The van der Waals surface area contributed by atoms with Crippen LogP contribution in [0.5, 0.6) is 0 Å². The van der Waals surface area contributed by atoms with Gasteiger partial charge < -0.3 is 9.64 Å². The second kappa shape index (κ2) is 7.41. The Morgan fingerprint density at radius 1 is 1.40 bits per heavy atom. The molecule has 20 heavy (non-hydrogen) atoms. The molecule has 0 spiro atoms. The molecule has 4 heteroatoms. The predicted octanol–water partition coefficient (Wildman–Crippen LogP) is 2.43. The van der Waals surface area contributed by atoms with Crippen molar-refractivity contribution < 1.29 is 9.53 Å². The third-order valence-corrected chi connectivity index (χ3v) is 4.07. The van der Waals surface area contributed by atoms with Gasteiger partial charge in [-0.1, -0.05) is 20.8 Å². The highest BCUT2D eigenvalue weighted by Gasteiger charge is 2.41. The van der Waals surface area contributed by atoms with E-state index in [9.17, 15) is 4.79 Å². The van der Waals surface area contributed by atoms with Gasteiger partial charge in [-0.3, -0.25) is 10.1 Å². The molecule has 0 bridgehead atoms. The number of nitrogens with one attached hydrogen (secondary N) is 1. The fourth-order valence-electron chi connectivity index (χ4n) is 2.91. The van der Waals surface area contributed by atoms with Crippen molar-refractivity contribution in [2.45, 2.75) is 71.5 Å². The normalized spacial score (nSPS) is 20.0. The molecule has 2 atom stereocenters. The Hall–Kier alpha value is -0.610. The number of ether oxygens (including phenoxy) is 1. The largest absolute Gasteiger partial charge is 0.468 e. The first kappa shape index (κ1) is 17.4. The number of hydrogen-bond donors (Lipinski definition) is 1. The average Bonchev–Trinajstić information content (AvgIpc) is 3.17. The van der Waals surface area contributed by atoms with Crippen LogP contribution in [0.25, 0.3) is 0 Å². The molecule has 0 amide bonds. The Bertz CT molecular complexity index is 316. The van der Waals surface area contributed by atoms with Crippen molar-refractivity contribution in [2.24, 2.45) is 5.92 Å². The molecule has 0 aromatic carbocycles. The minimum absolute atomic E-state index is 0.142. The Morgan fingerprint density at radius 3 is 2.40 bits per heavy atom. The van der Waals surface area contributed by atoms with Crippen LogP contribution in [0.15, 0.2) is 0 Å². The molecule has 0 saturated heterocycles. The number of hydrogen-bond acceptors (Lipinski definition) is 4. The summed E-state index contributed by atoms with van der Waals surface area (Å²) in [6.07, 6.45) is 3.13. The van der Waals surface area contributed by atoms with Crippen molar-refractivity contribution in [3.63, 3.8) is 0 Å². The van der Waals surface area contributed by atoms with E-state index in [1.54, 1.807) is 0 Å². The summed E-state index contributed by atoms with van der Waals surface area (Å²) in [7, 11) is 1.48. The van der Waals surface area contributed by atoms with Gasteiger partial charge in [0.15, 0.2) is 0 Å². The maximum atomic E-state index is 12.2. The van der Waals surface area contributed by atoms with Crippen molar-refractivity contribution in [3.05, 3.63) is 0 Å². The summed E-state index contributed by atoms with van der Waals surface area (Å²) in [5, 5.41) is 3.48. The van der Waals surface area contributed by atoms with Crippen LogP contribution >= 0.6 is 0 Å². The third kappa shape index (κ3) is 5.06. The highest BCUT2D eigenvalue weighted by molar-refractivity contribution is 5.80. The topological polar surface area (TPSA) is 41.6 Å². The lowest BCUT2D eigenvalue weighted by Crippen LogP contribution is -2.55. The van der Waals surface area contributed by atoms with Crippen LogP contribution in [0.2, 0.25) is 0 Å². The van der Waals surface area contributed by atoms with Crippen LogP contribution in [0.4, 0.5) is 0 Å². The van der Waals surface area contributed by atoms with E-state index in [-0.39, 0.29) is 5.97 Å². The molecule has 0 aliphatic heterocycles. The molecule has 1 saturated carbocycles. The van der Waals surface area contributed by atoms with E-state index in [4.69, 9.17) is 4.74 Å². The number of nitrogens with zero attached hydrogens (tertiary/aromatic N) is 1. The van der Waals surface area contributed by atoms with Crippen LogP contribution < -0.4 is 5.32 Å². The summed E-state index contributed by atoms with van der Waals surface area (Å²) in [6, 6.07) is 0.851. The fraction of sp³-hybridized carbons (Fsp3) is 0.938. The van der Waals surface area contributed by atoms with E-state index in [1.807, 2.05) is 6.92 Å². The van der Waals surface area contributed by atoms with Crippen molar-refractivity contribution in [1.29, 1.82) is 0 Å². The lowest BCUT2D eigenvalue weighted by Gasteiger charge is -2.36. The van der Waals surface area contributed by atoms with Crippen LogP contribution in [-0.4, -0.2) is 48.7 Å². The van der Waals surface area contributed by atoms with E-state index in [0.29, 0.717) is 18.0 Å². The van der Waals surface area contributed by atoms with Gasteiger partial charge >= 0.3 is 5.97 Å². The molecule has 4 nitrogen and oxygen atoms in total. The van der Waals surface area contributed by atoms with E-state index in [0.717, 1.165) is 19.5 Å². The van der Waals surface area contributed by atoms with E-state index in [2.05, 4.69) is 37.9 Å². The maximum absolute atomic E-state index is 12.2. The molecule has 1 rings (SSSR count). The molecule has 0 radical (unpaired) electrons. The standard InChI is InChI=1S/C16H32N2O2/c1-7-18(11-12(2)3)13(4)10-16(5,15(19)20-6)17-14-8-9-14/h12-14,17H,7-11H2,1-6H3. The molecule has 0 aromatic rings. The molecular weight excluding hydrogens is 252 g/mol. The lowest BCUT2D eigenvalue weighted by molar-refractivity contribution is -0.149. The van der Waals surface area contributed by atoms with Gasteiger partial charge in [-0.05, 0) is 45.6 Å². The zero-order chi connectivity index (χ0) is 15.3. The van der Waals surface area contributed by atoms with Gasteiger partial charge in [0, 0.05) is 18.6 Å². The Labute approximate surface area is 124 Å². The highest BCUT2D eigenvalue weighted by Crippen LogP contribution is 2.26. The van der Waals surface area contributed by atoms with E-state index >= 15 is 0 Å². The molecule has 2 unspecified atom stereocenters. The summed E-state index contributed by atoms with van der Waals surface area (Å²) < 4.78 is 5.02. The first-order chi connectivity index (χ1) is 9.32. The molecule has 1 fully saturated rings. The average molecular weight is 284 g/mol. The Morgan fingerprint density at radius 2 is 2.00 bits per heavy atom. The second-order valence-corrected chi connectivity index (χ2v) is 6.78. The quantitative estimate of drug-likeness (QED) is 0.660. The zero-order valence-electron chi connectivity index (χ0n) is 14.0. The van der Waals surface area contributed by atoms with Gasteiger partial charge in [0.25, 0.3) is 0 Å². The van der Waals surface area contributed by atoms with Crippen molar-refractivity contribution in [1.82, 2.24) is 10.2 Å². The van der Waals surface area contributed by atoms with Gasteiger partial charge in [0.1, 0.15) is 5.54 Å². The summed E-state index contributed by atoms with van der Waals surface area (Å²) in [6.45, 7) is 12.9. The minimum Gasteiger partial charge on any atom is -0.468 e. The summed E-state index contributed by atoms with van der Waals surface area (Å²) in [5.41, 5.74) is -0.570. The Kier molecular flexibility index (Phi) is 6.46. The number of esters is 1. The van der Waals surface area contributed by atoms with E-state index < -0.39 is 5.54 Å². The van der Waals surface area contributed by atoms with Crippen molar-refractivity contribution in [3.8, 4) is 0 Å². The number of carbonyl (C=O) groups is 1. The van der Waals surface area contributed by atoms with Gasteiger partial charge in [-0.15, -0.1) is 0 Å². The lowest BCUT2D eigenvalue weighted by atomic mass is 9.92. The predicted molar refractivity (Wildman–Crippen MR) is 82.7 cm³/mol. The summed E-state index contributed by atoms with van der Waals surface area (Å²) >= 11 is 0. The zero-order valence-corrected chi connectivity index (χ0v) is 14.0. The molecule has 0 aromatic heterocycles. The minimum atomic E-state index is -0.570. The summed E-state index contributed by atoms with van der Waals surface area (Å²) in [5.74, 6) is 0.495. The van der Waals surface area contributed by atoms with Gasteiger partial charge in [-0.2, -0.15) is 0 Å². The third-order valence-electron chi connectivity index (χ3n) is 4.07. The van der Waals surface area contributed by atoms with Crippen LogP contribution in [0.3, 0.4) is 0 Å². The smallest absolute Gasteiger partial charge is 0.325 e. The van der Waals surface area contributed by atoms with Gasteiger partial charge in [0.05, 0.1) is 7.11 Å². The van der Waals surface area contributed by atoms with Gasteiger partial charge in [-0.25, -0.2) is 0 Å². The highest BCUT2D eigenvalue weighted by atomic mass is 16.5. The molecular formula is C16H32N2O2. The number of rotatable bonds is 9. The second-order valence-electron chi connectivity index (χ2n) is 6.78. The Balaban J connectivity index is 2.68.